The van der Waals surface area contributed by atoms with Crippen molar-refractivity contribution in [3.63, 3.8) is 0 Å². The summed E-state index contributed by atoms with van der Waals surface area (Å²) in [7, 11) is 3.32. The van der Waals surface area contributed by atoms with Gasteiger partial charge in [0.05, 0.1) is 0 Å². The minimum absolute atomic E-state index is 0.0542. The summed E-state index contributed by atoms with van der Waals surface area (Å²) in [6, 6.07) is 1.46. The Bertz CT molecular complexity index is 427. The molecule has 1 aromatic heterocycles. The number of nitrogen functional groups attached to an aromatic ring is 1. The Balaban J connectivity index is 2.78. The summed E-state index contributed by atoms with van der Waals surface area (Å²) in [6.07, 6.45) is 0.774. The Kier molecular flexibility index (Phi) is 4.70. The molecule has 18 heavy (non-hydrogen) atoms. The van der Waals surface area contributed by atoms with Gasteiger partial charge in [-0.05, 0) is 6.42 Å². The summed E-state index contributed by atoms with van der Waals surface area (Å²) in [5.74, 6) is -0.130. The smallest absolute Gasteiger partial charge is 0.272 e. The van der Waals surface area contributed by atoms with Crippen LogP contribution < -0.4 is 5.73 Å². The van der Waals surface area contributed by atoms with Crippen molar-refractivity contribution in [3.8, 4) is 0 Å². The van der Waals surface area contributed by atoms with Gasteiger partial charge in [-0.2, -0.15) is 5.10 Å². The minimum atomic E-state index is -0.267. The summed E-state index contributed by atoms with van der Waals surface area (Å²) in [5, 5.41) is 6.26. The van der Waals surface area contributed by atoms with Crippen molar-refractivity contribution in [3.05, 3.63) is 11.8 Å². The van der Waals surface area contributed by atoms with Gasteiger partial charge in [0.15, 0.2) is 0 Å². The predicted molar refractivity (Wildman–Crippen MR) is 67.9 cm³/mol. The minimum Gasteiger partial charge on any atom is -0.382 e. The number of nitrogens with zero attached hydrogens (tertiary/aromatic N) is 3. The van der Waals surface area contributed by atoms with E-state index in [0.29, 0.717) is 12.2 Å². The van der Waals surface area contributed by atoms with Gasteiger partial charge >= 0.3 is 0 Å². The maximum Gasteiger partial charge on any atom is 0.272 e. The zero-order chi connectivity index (χ0) is 13.7. The number of likely N-dealkylation sites (N-methyl/N-ethyl adjacent to an activating group) is 1. The van der Waals surface area contributed by atoms with Gasteiger partial charge in [-0.15, -0.1) is 0 Å². The van der Waals surface area contributed by atoms with E-state index in [1.165, 1.54) is 15.9 Å². The van der Waals surface area contributed by atoms with Crippen molar-refractivity contribution in [1.29, 1.82) is 0 Å². The normalized spacial score (nSPS) is 10.2. The van der Waals surface area contributed by atoms with E-state index in [1.54, 1.807) is 14.1 Å². The molecule has 1 aromatic rings. The van der Waals surface area contributed by atoms with Gasteiger partial charge in [0.25, 0.3) is 5.91 Å². The summed E-state index contributed by atoms with van der Waals surface area (Å²) in [4.78, 5) is 26.7. The molecule has 0 saturated carbocycles. The molecule has 0 aromatic carbocycles. The standard InChI is InChI=1S/C11H19N5O2/c1-4-5-16(7-10(17)15(2)3)11(18)8-6-9(12)14-13-8/h6H,4-5,7H2,1-3H3,(H3,12,13,14). The molecule has 1 rings (SSSR count). The molecule has 0 aliphatic carbocycles. The number of anilines is 1. The van der Waals surface area contributed by atoms with Gasteiger partial charge in [-0.3, -0.25) is 14.7 Å². The van der Waals surface area contributed by atoms with Crippen LogP contribution in [-0.4, -0.2) is 59.0 Å². The molecule has 0 bridgehead atoms. The number of amides is 2. The quantitative estimate of drug-likeness (QED) is 0.768. The van der Waals surface area contributed by atoms with Crippen LogP contribution in [0, 0.1) is 0 Å². The highest BCUT2D eigenvalue weighted by atomic mass is 16.2. The molecule has 7 nitrogen and oxygen atoms in total. The first-order valence-electron chi connectivity index (χ1n) is 5.76. The highest BCUT2D eigenvalue weighted by molar-refractivity contribution is 5.95. The Hall–Kier alpha value is -2.05. The fraction of sp³-hybridized carbons (Fsp3) is 0.545. The maximum atomic E-state index is 12.1. The average Bonchev–Trinajstić information content (AvgIpc) is 2.74. The van der Waals surface area contributed by atoms with Crippen molar-refractivity contribution in [2.75, 3.05) is 32.9 Å². The van der Waals surface area contributed by atoms with E-state index < -0.39 is 0 Å². The van der Waals surface area contributed by atoms with E-state index >= 15 is 0 Å². The molecular formula is C11H19N5O2. The molecular weight excluding hydrogens is 234 g/mol. The lowest BCUT2D eigenvalue weighted by atomic mass is 10.3. The third kappa shape index (κ3) is 3.47. The van der Waals surface area contributed by atoms with Gasteiger partial charge in [0.1, 0.15) is 18.1 Å². The number of hydrogen-bond acceptors (Lipinski definition) is 4. The monoisotopic (exact) mass is 253 g/mol. The van der Waals surface area contributed by atoms with Crippen molar-refractivity contribution < 1.29 is 9.59 Å². The van der Waals surface area contributed by atoms with E-state index in [-0.39, 0.29) is 24.2 Å². The molecule has 2 amide bonds. The second kappa shape index (κ2) is 6.04. The van der Waals surface area contributed by atoms with Gasteiger partial charge in [0.2, 0.25) is 5.91 Å². The predicted octanol–water partition coefficient (Wildman–Crippen LogP) is -0.0677. The fourth-order valence-corrected chi connectivity index (χ4v) is 1.44. The van der Waals surface area contributed by atoms with E-state index in [9.17, 15) is 9.59 Å². The van der Waals surface area contributed by atoms with Crippen LogP contribution in [0.15, 0.2) is 6.07 Å². The molecule has 0 saturated heterocycles. The molecule has 100 valence electrons. The molecule has 0 atom stereocenters. The van der Waals surface area contributed by atoms with Crippen LogP contribution in [0.4, 0.5) is 5.82 Å². The molecule has 0 radical (unpaired) electrons. The zero-order valence-corrected chi connectivity index (χ0v) is 10.9. The molecule has 0 aliphatic rings. The second-order valence-electron chi connectivity index (χ2n) is 4.22. The number of nitrogens with one attached hydrogen (secondary N) is 1. The number of nitrogens with two attached hydrogens (primary N) is 1. The molecule has 7 heteroatoms. The molecule has 0 spiro atoms. The Morgan fingerprint density at radius 1 is 1.44 bits per heavy atom. The summed E-state index contributed by atoms with van der Waals surface area (Å²) in [5.41, 5.74) is 5.75. The third-order valence-corrected chi connectivity index (χ3v) is 2.43. The largest absolute Gasteiger partial charge is 0.382 e. The number of carbonyl (C=O) groups excluding carboxylic acids is 2. The number of rotatable bonds is 5. The maximum absolute atomic E-state index is 12.1. The number of H-pyrrole nitrogens is 1. The first kappa shape index (κ1) is 14.0. The number of aromatic nitrogens is 2. The molecule has 0 fully saturated rings. The van der Waals surface area contributed by atoms with E-state index in [1.807, 2.05) is 6.92 Å². The second-order valence-corrected chi connectivity index (χ2v) is 4.22. The van der Waals surface area contributed by atoms with Crippen molar-refractivity contribution in [2.24, 2.45) is 0 Å². The summed E-state index contributed by atoms with van der Waals surface area (Å²) >= 11 is 0. The van der Waals surface area contributed by atoms with Crippen LogP contribution >= 0.6 is 0 Å². The van der Waals surface area contributed by atoms with Crippen LogP contribution in [0.2, 0.25) is 0 Å². The summed E-state index contributed by atoms with van der Waals surface area (Å²) in [6.45, 7) is 2.51. The number of hydrogen-bond donors (Lipinski definition) is 2. The Morgan fingerprint density at radius 3 is 2.56 bits per heavy atom. The summed E-state index contributed by atoms with van der Waals surface area (Å²) < 4.78 is 0. The SMILES string of the molecule is CCCN(CC(=O)N(C)C)C(=O)c1cc(N)n[nH]1. The first-order valence-corrected chi connectivity index (χ1v) is 5.76. The third-order valence-electron chi connectivity index (χ3n) is 2.43. The number of carbonyl (C=O) groups is 2. The van der Waals surface area contributed by atoms with Crippen LogP contribution in [0.3, 0.4) is 0 Å². The molecule has 1 heterocycles. The Labute approximate surface area is 106 Å². The topological polar surface area (TPSA) is 95.3 Å². The van der Waals surface area contributed by atoms with Crippen molar-refractivity contribution in [2.45, 2.75) is 13.3 Å². The molecule has 0 unspecified atom stereocenters. The highest BCUT2D eigenvalue weighted by Crippen LogP contribution is 2.06. The first-order chi connectivity index (χ1) is 8.45. The average molecular weight is 253 g/mol. The van der Waals surface area contributed by atoms with Gasteiger partial charge in [-0.1, -0.05) is 6.92 Å². The lowest BCUT2D eigenvalue weighted by Crippen LogP contribution is -2.40. The lowest BCUT2D eigenvalue weighted by molar-refractivity contribution is -0.129. The van der Waals surface area contributed by atoms with E-state index in [2.05, 4.69) is 10.2 Å². The van der Waals surface area contributed by atoms with Gasteiger partial charge in [0, 0.05) is 26.7 Å². The van der Waals surface area contributed by atoms with E-state index in [0.717, 1.165) is 6.42 Å². The fourth-order valence-electron chi connectivity index (χ4n) is 1.44. The highest BCUT2D eigenvalue weighted by Gasteiger charge is 2.20. The molecule has 0 aliphatic heterocycles. The molecule has 3 N–H and O–H groups in total. The van der Waals surface area contributed by atoms with Crippen LogP contribution in [0.25, 0.3) is 0 Å². The van der Waals surface area contributed by atoms with Crippen LogP contribution in [0.5, 0.6) is 0 Å². The Morgan fingerprint density at radius 2 is 2.11 bits per heavy atom. The van der Waals surface area contributed by atoms with Gasteiger partial charge < -0.3 is 15.5 Å². The van der Waals surface area contributed by atoms with Gasteiger partial charge in [-0.25, -0.2) is 0 Å². The van der Waals surface area contributed by atoms with Crippen LogP contribution in [-0.2, 0) is 4.79 Å². The lowest BCUT2D eigenvalue weighted by Gasteiger charge is -2.22. The van der Waals surface area contributed by atoms with Crippen molar-refractivity contribution >= 4 is 17.6 Å². The number of aromatic amines is 1. The van der Waals surface area contributed by atoms with Crippen LogP contribution in [0.1, 0.15) is 23.8 Å². The zero-order valence-electron chi connectivity index (χ0n) is 10.9. The van der Waals surface area contributed by atoms with Crippen molar-refractivity contribution in [1.82, 2.24) is 20.0 Å². The van der Waals surface area contributed by atoms with E-state index in [4.69, 9.17) is 5.73 Å².